The van der Waals surface area contributed by atoms with Crippen LogP contribution < -0.4 is 5.32 Å². The molecule has 100 valence electrons. The third-order valence-electron chi connectivity index (χ3n) is 3.73. The number of rotatable bonds is 3. The van der Waals surface area contributed by atoms with E-state index in [1.54, 1.807) is 12.3 Å². The summed E-state index contributed by atoms with van der Waals surface area (Å²) >= 11 is 1.84. The summed E-state index contributed by atoms with van der Waals surface area (Å²) in [4.78, 5) is 5.41. The van der Waals surface area contributed by atoms with Gasteiger partial charge in [0.25, 0.3) is 0 Å². The number of nitrogens with zero attached hydrogens (tertiary/aromatic N) is 1. The summed E-state index contributed by atoms with van der Waals surface area (Å²) in [6, 6.07) is 4.27. The molecular formula is C15H17FN2S. The van der Waals surface area contributed by atoms with Crippen molar-refractivity contribution in [2.24, 2.45) is 0 Å². The maximum atomic E-state index is 13.2. The quantitative estimate of drug-likeness (QED) is 0.916. The highest BCUT2D eigenvalue weighted by Gasteiger charge is 2.22. The van der Waals surface area contributed by atoms with Gasteiger partial charge in [0.15, 0.2) is 0 Å². The number of pyridine rings is 1. The smallest absolute Gasteiger partial charge is 0.141 e. The highest BCUT2D eigenvalue weighted by atomic mass is 32.1. The van der Waals surface area contributed by atoms with Crippen LogP contribution in [0.25, 0.3) is 0 Å². The highest BCUT2D eigenvalue weighted by molar-refractivity contribution is 7.10. The lowest BCUT2D eigenvalue weighted by molar-refractivity contribution is 0.416. The van der Waals surface area contributed by atoms with Crippen LogP contribution in [0.1, 0.15) is 47.9 Å². The predicted octanol–water partition coefficient (Wildman–Crippen LogP) is 4.01. The molecule has 2 unspecified atom stereocenters. The fourth-order valence-electron chi connectivity index (χ4n) is 2.72. The summed E-state index contributed by atoms with van der Waals surface area (Å²) in [7, 11) is 0. The Bertz CT molecular complexity index is 567. The van der Waals surface area contributed by atoms with Crippen LogP contribution in [0, 0.1) is 5.82 Å². The number of hydrogen-bond donors (Lipinski definition) is 1. The number of thiophene rings is 1. The molecule has 2 heterocycles. The van der Waals surface area contributed by atoms with Crippen molar-refractivity contribution in [3.63, 3.8) is 0 Å². The van der Waals surface area contributed by atoms with E-state index in [1.165, 1.54) is 29.5 Å². The van der Waals surface area contributed by atoms with Crippen molar-refractivity contribution in [2.75, 3.05) is 0 Å². The lowest BCUT2D eigenvalue weighted by Crippen LogP contribution is -2.27. The molecule has 0 amide bonds. The molecule has 2 atom stereocenters. The Labute approximate surface area is 116 Å². The number of nitrogens with one attached hydrogen (secondary N) is 1. The predicted molar refractivity (Wildman–Crippen MR) is 75.7 cm³/mol. The summed E-state index contributed by atoms with van der Waals surface area (Å²) in [6.45, 7) is 2.07. The van der Waals surface area contributed by atoms with Crippen LogP contribution in [0.15, 0.2) is 29.9 Å². The van der Waals surface area contributed by atoms with E-state index >= 15 is 0 Å². The molecule has 0 saturated carbocycles. The molecule has 0 fully saturated rings. The SMILES string of the molecule is CC(NC1CCCc2sccc21)c1cncc(F)c1. The average molecular weight is 276 g/mol. The fraction of sp³-hybridized carbons (Fsp3) is 0.400. The van der Waals surface area contributed by atoms with Crippen molar-refractivity contribution in [2.45, 2.75) is 38.3 Å². The first kappa shape index (κ1) is 12.8. The van der Waals surface area contributed by atoms with Crippen LogP contribution in [-0.2, 0) is 6.42 Å². The van der Waals surface area contributed by atoms with E-state index in [0.717, 1.165) is 12.0 Å². The second kappa shape index (κ2) is 5.39. The second-order valence-corrected chi connectivity index (χ2v) is 6.07. The van der Waals surface area contributed by atoms with Gasteiger partial charge < -0.3 is 5.32 Å². The first-order valence-electron chi connectivity index (χ1n) is 6.67. The first-order valence-corrected chi connectivity index (χ1v) is 7.55. The largest absolute Gasteiger partial charge is 0.303 e. The zero-order valence-electron chi connectivity index (χ0n) is 10.9. The monoisotopic (exact) mass is 276 g/mol. The summed E-state index contributed by atoms with van der Waals surface area (Å²) in [5.41, 5.74) is 2.33. The summed E-state index contributed by atoms with van der Waals surface area (Å²) in [6.07, 6.45) is 6.54. The number of aromatic nitrogens is 1. The molecule has 4 heteroatoms. The van der Waals surface area contributed by atoms with Crippen molar-refractivity contribution in [1.29, 1.82) is 0 Å². The fourth-order valence-corrected chi connectivity index (χ4v) is 3.71. The van der Waals surface area contributed by atoms with Gasteiger partial charge in [0.05, 0.1) is 6.20 Å². The number of halogens is 1. The standard InChI is InChI=1S/C15H17FN2S/c1-10(11-7-12(16)9-17-8-11)18-14-3-2-4-15-13(14)5-6-19-15/h5-10,14,18H,2-4H2,1H3. The molecule has 2 aromatic heterocycles. The van der Waals surface area contributed by atoms with Crippen molar-refractivity contribution in [3.8, 4) is 0 Å². The zero-order valence-corrected chi connectivity index (χ0v) is 11.7. The van der Waals surface area contributed by atoms with E-state index in [-0.39, 0.29) is 11.9 Å². The van der Waals surface area contributed by atoms with Crippen LogP contribution in [0.5, 0.6) is 0 Å². The van der Waals surface area contributed by atoms with Crippen LogP contribution in [-0.4, -0.2) is 4.98 Å². The van der Waals surface area contributed by atoms with E-state index in [2.05, 4.69) is 28.7 Å². The Kier molecular flexibility index (Phi) is 3.62. The third kappa shape index (κ3) is 2.69. The Balaban J connectivity index is 1.76. The van der Waals surface area contributed by atoms with Gasteiger partial charge in [0, 0.05) is 23.2 Å². The van der Waals surface area contributed by atoms with E-state index in [9.17, 15) is 4.39 Å². The molecule has 1 aliphatic carbocycles. The van der Waals surface area contributed by atoms with Gasteiger partial charge >= 0.3 is 0 Å². The van der Waals surface area contributed by atoms with Crippen LogP contribution in [0.3, 0.4) is 0 Å². The molecular weight excluding hydrogens is 259 g/mol. The molecule has 0 radical (unpaired) electrons. The minimum Gasteiger partial charge on any atom is -0.303 e. The van der Waals surface area contributed by atoms with E-state index in [4.69, 9.17) is 0 Å². The van der Waals surface area contributed by atoms with Gasteiger partial charge in [-0.2, -0.15) is 0 Å². The molecule has 2 aromatic rings. The number of fused-ring (bicyclic) bond motifs is 1. The molecule has 0 bridgehead atoms. The lowest BCUT2D eigenvalue weighted by Gasteiger charge is -2.27. The van der Waals surface area contributed by atoms with E-state index < -0.39 is 0 Å². The second-order valence-electron chi connectivity index (χ2n) is 5.07. The van der Waals surface area contributed by atoms with Crippen molar-refractivity contribution >= 4 is 11.3 Å². The summed E-state index contributed by atoms with van der Waals surface area (Å²) < 4.78 is 13.2. The molecule has 1 N–H and O–H groups in total. The van der Waals surface area contributed by atoms with E-state index in [0.29, 0.717) is 6.04 Å². The van der Waals surface area contributed by atoms with Gasteiger partial charge in [0.1, 0.15) is 5.82 Å². The van der Waals surface area contributed by atoms with Gasteiger partial charge in [-0.25, -0.2) is 4.39 Å². The Hall–Kier alpha value is -1.26. The van der Waals surface area contributed by atoms with Gasteiger partial charge in [-0.1, -0.05) is 0 Å². The topological polar surface area (TPSA) is 24.9 Å². The van der Waals surface area contributed by atoms with E-state index in [1.807, 2.05) is 11.3 Å². The molecule has 2 nitrogen and oxygen atoms in total. The molecule has 19 heavy (non-hydrogen) atoms. The van der Waals surface area contributed by atoms with Crippen LogP contribution in [0.4, 0.5) is 4.39 Å². The van der Waals surface area contributed by atoms with Gasteiger partial charge in [-0.15, -0.1) is 11.3 Å². The van der Waals surface area contributed by atoms with Crippen LogP contribution in [0.2, 0.25) is 0 Å². The minimum atomic E-state index is -0.272. The molecule has 0 saturated heterocycles. The molecule has 0 aromatic carbocycles. The third-order valence-corrected chi connectivity index (χ3v) is 4.73. The maximum absolute atomic E-state index is 13.2. The first-order chi connectivity index (χ1) is 9.24. The van der Waals surface area contributed by atoms with Gasteiger partial charge in [-0.05, 0) is 54.8 Å². The number of hydrogen-bond acceptors (Lipinski definition) is 3. The molecule has 3 rings (SSSR count). The number of aryl methyl sites for hydroxylation is 1. The van der Waals surface area contributed by atoms with Crippen molar-refractivity contribution < 1.29 is 4.39 Å². The maximum Gasteiger partial charge on any atom is 0.141 e. The minimum absolute atomic E-state index is 0.110. The van der Waals surface area contributed by atoms with Gasteiger partial charge in [-0.3, -0.25) is 4.98 Å². The summed E-state index contributed by atoms with van der Waals surface area (Å²) in [5, 5.41) is 5.77. The van der Waals surface area contributed by atoms with Crippen molar-refractivity contribution in [3.05, 3.63) is 51.7 Å². The highest BCUT2D eigenvalue weighted by Crippen LogP contribution is 2.34. The van der Waals surface area contributed by atoms with Crippen LogP contribution >= 0.6 is 11.3 Å². The average Bonchev–Trinajstić information content (AvgIpc) is 2.88. The Morgan fingerprint density at radius 2 is 2.37 bits per heavy atom. The van der Waals surface area contributed by atoms with Gasteiger partial charge in [0.2, 0.25) is 0 Å². The zero-order chi connectivity index (χ0) is 13.2. The Morgan fingerprint density at radius 1 is 1.47 bits per heavy atom. The molecule has 1 aliphatic rings. The van der Waals surface area contributed by atoms with Crippen molar-refractivity contribution in [1.82, 2.24) is 10.3 Å². The normalized spacial score (nSPS) is 20.0. The molecule has 0 aliphatic heterocycles. The molecule has 0 spiro atoms. The lowest BCUT2D eigenvalue weighted by atomic mass is 9.93. The summed E-state index contributed by atoms with van der Waals surface area (Å²) in [5.74, 6) is -0.272. The Morgan fingerprint density at radius 3 is 3.21 bits per heavy atom.